The SMILES string of the molecule is Cc1ccc2c(c1)c1nnc(SCCCC(=O)NCc3ccccc3)nc1n2Cc1ccccc1. The molecule has 0 saturated heterocycles. The van der Waals surface area contributed by atoms with Gasteiger partial charge >= 0.3 is 0 Å². The lowest BCUT2D eigenvalue weighted by Crippen LogP contribution is -2.22. The Morgan fingerprint density at radius 2 is 1.69 bits per heavy atom. The van der Waals surface area contributed by atoms with Crippen molar-refractivity contribution in [2.75, 3.05) is 5.75 Å². The Hall–Kier alpha value is -3.71. The highest BCUT2D eigenvalue weighted by Gasteiger charge is 2.16. The van der Waals surface area contributed by atoms with Gasteiger partial charge in [0.05, 0.1) is 5.52 Å². The number of rotatable bonds is 9. The Bertz CT molecular complexity index is 1450. The van der Waals surface area contributed by atoms with Crippen LogP contribution in [0.25, 0.3) is 22.1 Å². The van der Waals surface area contributed by atoms with Crippen LogP contribution >= 0.6 is 11.8 Å². The monoisotopic (exact) mass is 481 g/mol. The fourth-order valence-electron chi connectivity index (χ4n) is 4.12. The fraction of sp³-hybridized carbons (Fsp3) is 0.214. The van der Waals surface area contributed by atoms with E-state index >= 15 is 0 Å². The van der Waals surface area contributed by atoms with Gasteiger partial charge in [0.2, 0.25) is 11.1 Å². The molecule has 3 aromatic carbocycles. The Morgan fingerprint density at radius 3 is 2.46 bits per heavy atom. The molecule has 5 rings (SSSR count). The van der Waals surface area contributed by atoms with E-state index in [9.17, 15) is 4.79 Å². The first-order chi connectivity index (χ1) is 17.2. The highest BCUT2D eigenvalue weighted by atomic mass is 32.2. The zero-order chi connectivity index (χ0) is 24.0. The summed E-state index contributed by atoms with van der Waals surface area (Å²) >= 11 is 1.54. The molecule has 7 heteroatoms. The molecule has 0 saturated carbocycles. The summed E-state index contributed by atoms with van der Waals surface area (Å²) in [7, 11) is 0. The molecule has 0 radical (unpaired) electrons. The van der Waals surface area contributed by atoms with Gasteiger partial charge in [0.1, 0.15) is 5.52 Å². The van der Waals surface area contributed by atoms with E-state index in [2.05, 4.69) is 69.5 Å². The van der Waals surface area contributed by atoms with Gasteiger partial charge in [-0.3, -0.25) is 4.79 Å². The summed E-state index contributed by atoms with van der Waals surface area (Å²) in [5.74, 6) is 0.812. The third-order valence-corrected chi connectivity index (χ3v) is 6.82. The van der Waals surface area contributed by atoms with Crippen LogP contribution in [0.4, 0.5) is 0 Å². The second kappa shape index (κ2) is 10.7. The van der Waals surface area contributed by atoms with Crippen molar-refractivity contribution >= 4 is 39.7 Å². The molecule has 0 aliphatic heterocycles. The van der Waals surface area contributed by atoms with E-state index in [-0.39, 0.29) is 5.91 Å². The maximum absolute atomic E-state index is 12.2. The standard InChI is InChI=1S/C28H27N5OS/c1-20-14-15-24-23(17-20)26-27(33(24)19-22-11-6-3-7-12-22)30-28(32-31-26)35-16-8-13-25(34)29-18-21-9-4-2-5-10-21/h2-7,9-12,14-15,17H,8,13,16,18-19H2,1H3,(H,29,34). The number of nitrogens with one attached hydrogen (secondary N) is 1. The number of carbonyl (C=O) groups is 1. The summed E-state index contributed by atoms with van der Waals surface area (Å²) in [5, 5.41) is 13.6. The van der Waals surface area contributed by atoms with Crippen LogP contribution in [-0.2, 0) is 17.9 Å². The van der Waals surface area contributed by atoms with Crippen molar-refractivity contribution in [1.29, 1.82) is 0 Å². The summed E-state index contributed by atoms with van der Waals surface area (Å²) in [6, 6.07) is 26.7. The van der Waals surface area contributed by atoms with Gasteiger partial charge in [0.15, 0.2) is 5.65 Å². The van der Waals surface area contributed by atoms with E-state index in [0.29, 0.717) is 24.7 Å². The van der Waals surface area contributed by atoms with Gasteiger partial charge < -0.3 is 9.88 Å². The van der Waals surface area contributed by atoms with E-state index in [1.807, 2.05) is 36.4 Å². The summed E-state index contributed by atoms with van der Waals surface area (Å²) < 4.78 is 2.22. The topological polar surface area (TPSA) is 72.7 Å². The minimum Gasteiger partial charge on any atom is -0.352 e. The molecule has 5 aromatic rings. The van der Waals surface area contributed by atoms with Gasteiger partial charge in [-0.2, -0.15) is 0 Å². The molecule has 1 N–H and O–H groups in total. The molecular weight excluding hydrogens is 454 g/mol. The molecule has 1 amide bonds. The highest BCUT2D eigenvalue weighted by molar-refractivity contribution is 7.99. The van der Waals surface area contributed by atoms with Crippen molar-refractivity contribution < 1.29 is 4.79 Å². The Morgan fingerprint density at radius 1 is 0.943 bits per heavy atom. The van der Waals surface area contributed by atoms with E-state index in [1.54, 1.807) is 11.8 Å². The first-order valence-electron chi connectivity index (χ1n) is 11.8. The zero-order valence-electron chi connectivity index (χ0n) is 19.6. The molecule has 6 nitrogen and oxygen atoms in total. The molecular formula is C28H27N5OS. The third kappa shape index (κ3) is 5.52. The van der Waals surface area contributed by atoms with Crippen molar-refractivity contribution in [3.8, 4) is 0 Å². The van der Waals surface area contributed by atoms with Gasteiger partial charge in [0, 0.05) is 30.6 Å². The van der Waals surface area contributed by atoms with Crippen LogP contribution in [-0.4, -0.2) is 31.4 Å². The molecule has 35 heavy (non-hydrogen) atoms. The van der Waals surface area contributed by atoms with Crippen molar-refractivity contribution in [1.82, 2.24) is 25.1 Å². The number of amides is 1. The average Bonchev–Trinajstić information content (AvgIpc) is 3.18. The average molecular weight is 482 g/mol. The highest BCUT2D eigenvalue weighted by Crippen LogP contribution is 2.29. The number of hydrogen-bond donors (Lipinski definition) is 1. The number of aromatic nitrogens is 4. The number of benzene rings is 3. The van der Waals surface area contributed by atoms with Crippen LogP contribution < -0.4 is 5.32 Å². The predicted molar refractivity (Wildman–Crippen MR) is 141 cm³/mol. The van der Waals surface area contributed by atoms with Crippen molar-refractivity contribution in [2.45, 2.75) is 38.0 Å². The number of carbonyl (C=O) groups excluding carboxylic acids is 1. The predicted octanol–water partition coefficient (Wildman–Crippen LogP) is 5.52. The minimum absolute atomic E-state index is 0.0577. The Labute approximate surface area is 208 Å². The molecule has 0 aliphatic carbocycles. The largest absolute Gasteiger partial charge is 0.352 e. The number of aryl methyl sites for hydroxylation is 1. The van der Waals surface area contributed by atoms with E-state index in [0.717, 1.165) is 39.8 Å². The molecule has 0 aliphatic rings. The molecule has 0 spiro atoms. The number of hydrogen-bond acceptors (Lipinski definition) is 5. The molecule has 0 bridgehead atoms. The lowest BCUT2D eigenvalue weighted by Gasteiger charge is -2.07. The minimum atomic E-state index is 0.0577. The van der Waals surface area contributed by atoms with Crippen LogP contribution in [0.15, 0.2) is 84.0 Å². The molecule has 2 aromatic heterocycles. The molecule has 0 fully saturated rings. The number of fused-ring (bicyclic) bond motifs is 3. The molecule has 0 unspecified atom stereocenters. The molecule has 2 heterocycles. The summed E-state index contributed by atoms with van der Waals surface area (Å²) in [5.41, 5.74) is 6.26. The first-order valence-corrected chi connectivity index (χ1v) is 12.8. The smallest absolute Gasteiger partial charge is 0.220 e. The third-order valence-electron chi connectivity index (χ3n) is 5.90. The lowest BCUT2D eigenvalue weighted by atomic mass is 10.1. The summed E-state index contributed by atoms with van der Waals surface area (Å²) in [4.78, 5) is 17.1. The second-order valence-electron chi connectivity index (χ2n) is 8.57. The number of nitrogens with zero attached hydrogens (tertiary/aromatic N) is 4. The van der Waals surface area contributed by atoms with Crippen LogP contribution in [0, 0.1) is 6.92 Å². The first kappa shape index (κ1) is 23.1. The zero-order valence-corrected chi connectivity index (χ0v) is 20.5. The fourth-order valence-corrected chi connectivity index (χ4v) is 4.84. The van der Waals surface area contributed by atoms with E-state index in [1.165, 1.54) is 11.1 Å². The quantitative estimate of drug-likeness (QED) is 0.222. The second-order valence-corrected chi connectivity index (χ2v) is 9.64. The van der Waals surface area contributed by atoms with Crippen molar-refractivity contribution in [2.24, 2.45) is 0 Å². The van der Waals surface area contributed by atoms with Gasteiger partial charge in [-0.05, 0) is 36.6 Å². The summed E-state index contributed by atoms with van der Waals surface area (Å²) in [6.07, 6.45) is 1.22. The van der Waals surface area contributed by atoms with Crippen LogP contribution in [0.1, 0.15) is 29.5 Å². The lowest BCUT2D eigenvalue weighted by molar-refractivity contribution is -0.121. The number of thioether (sulfide) groups is 1. The van der Waals surface area contributed by atoms with E-state index in [4.69, 9.17) is 4.98 Å². The molecule has 0 atom stereocenters. The summed E-state index contributed by atoms with van der Waals surface area (Å²) in [6.45, 7) is 3.36. The van der Waals surface area contributed by atoms with Gasteiger partial charge in [0.25, 0.3) is 0 Å². The van der Waals surface area contributed by atoms with Gasteiger partial charge in [-0.15, -0.1) is 10.2 Å². The Kier molecular flexibility index (Phi) is 7.04. The van der Waals surface area contributed by atoms with Crippen LogP contribution in [0.3, 0.4) is 0 Å². The molecule has 176 valence electrons. The van der Waals surface area contributed by atoms with Gasteiger partial charge in [-0.25, -0.2) is 4.98 Å². The van der Waals surface area contributed by atoms with Gasteiger partial charge in [-0.1, -0.05) is 84.1 Å². The van der Waals surface area contributed by atoms with Crippen LogP contribution in [0.5, 0.6) is 0 Å². The maximum Gasteiger partial charge on any atom is 0.220 e. The normalized spacial score (nSPS) is 11.2. The maximum atomic E-state index is 12.2. The van der Waals surface area contributed by atoms with Crippen molar-refractivity contribution in [3.63, 3.8) is 0 Å². The van der Waals surface area contributed by atoms with Crippen LogP contribution in [0.2, 0.25) is 0 Å². The Balaban J connectivity index is 1.27. The van der Waals surface area contributed by atoms with E-state index < -0.39 is 0 Å². The van der Waals surface area contributed by atoms with Crippen molar-refractivity contribution in [3.05, 3.63) is 95.6 Å².